The van der Waals surface area contributed by atoms with Gasteiger partial charge in [0, 0.05) is 17.3 Å². The third-order valence-corrected chi connectivity index (χ3v) is 5.98. The Labute approximate surface area is 125 Å². The number of ether oxygens (including phenoxy) is 2. The van der Waals surface area contributed by atoms with Crippen molar-refractivity contribution in [2.75, 3.05) is 0 Å². The lowest BCUT2D eigenvalue weighted by atomic mass is 9.61. The van der Waals surface area contributed by atoms with Gasteiger partial charge in [-0.15, -0.1) is 0 Å². The molecular formula is C16H26O5. The fourth-order valence-electron chi connectivity index (χ4n) is 4.95. The second-order valence-corrected chi connectivity index (χ2v) is 7.10. The van der Waals surface area contributed by atoms with Crippen molar-refractivity contribution >= 4 is 5.97 Å². The van der Waals surface area contributed by atoms with Gasteiger partial charge >= 0.3 is 5.97 Å². The van der Waals surface area contributed by atoms with E-state index in [4.69, 9.17) is 14.6 Å². The molecule has 120 valence electrons. The summed E-state index contributed by atoms with van der Waals surface area (Å²) in [4.78, 5) is 10.9. The maximum absolute atomic E-state index is 10.9. The molecule has 5 nitrogen and oxygen atoms in total. The number of aliphatic hydroxyl groups is 1. The topological polar surface area (TPSA) is 76.0 Å². The average molecular weight is 298 g/mol. The summed E-state index contributed by atoms with van der Waals surface area (Å²) in [5, 5.41) is 19.4. The molecule has 2 N–H and O–H groups in total. The van der Waals surface area contributed by atoms with Crippen LogP contribution in [0.3, 0.4) is 0 Å². The highest BCUT2D eigenvalue weighted by molar-refractivity contribution is 5.67. The van der Waals surface area contributed by atoms with E-state index in [1.165, 1.54) is 0 Å². The van der Waals surface area contributed by atoms with Crippen LogP contribution in [0.4, 0.5) is 0 Å². The number of rotatable bonds is 5. The molecular weight excluding hydrogens is 272 g/mol. The highest BCUT2D eigenvalue weighted by Gasteiger charge is 2.67. The Morgan fingerprint density at radius 2 is 1.86 bits per heavy atom. The first-order valence-electron chi connectivity index (χ1n) is 8.13. The Hall–Kier alpha value is -0.650. The van der Waals surface area contributed by atoms with Gasteiger partial charge in [-0.3, -0.25) is 4.79 Å². The molecule has 3 heterocycles. The van der Waals surface area contributed by atoms with Crippen molar-refractivity contribution < 1.29 is 24.5 Å². The smallest absolute Gasteiger partial charge is 0.305 e. The number of hydrogen-bond donors (Lipinski definition) is 2. The summed E-state index contributed by atoms with van der Waals surface area (Å²) in [6.45, 7) is 6.24. The maximum atomic E-state index is 10.9. The summed E-state index contributed by atoms with van der Waals surface area (Å²) in [6, 6.07) is 0. The van der Waals surface area contributed by atoms with Crippen LogP contribution in [0.1, 0.15) is 46.5 Å². The van der Waals surface area contributed by atoms with E-state index in [0.29, 0.717) is 11.8 Å². The van der Waals surface area contributed by atoms with Crippen LogP contribution in [0.15, 0.2) is 0 Å². The van der Waals surface area contributed by atoms with Crippen LogP contribution in [-0.4, -0.2) is 46.7 Å². The van der Waals surface area contributed by atoms with E-state index < -0.39 is 17.5 Å². The van der Waals surface area contributed by atoms with Gasteiger partial charge in [-0.2, -0.15) is 0 Å². The highest BCUT2D eigenvalue weighted by atomic mass is 16.5. The van der Waals surface area contributed by atoms with E-state index in [2.05, 4.69) is 13.8 Å². The minimum Gasteiger partial charge on any atom is -0.481 e. The minimum absolute atomic E-state index is 0.0802. The molecule has 0 aromatic rings. The second kappa shape index (κ2) is 5.21. The number of fused-ring (bicyclic) bond motifs is 5. The molecule has 0 saturated carbocycles. The van der Waals surface area contributed by atoms with Gasteiger partial charge in [-0.05, 0) is 19.3 Å². The molecule has 21 heavy (non-hydrogen) atoms. The number of carboxylic acids is 1. The fraction of sp³-hybridized carbons (Fsp3) is 0.938. The highest BCUT2D eigenvalue weighted by Crippen LogP contribution is 2.60. The lowest BCUT2D eigenvalue weighted by Gasteiger charge is -2.41. The summed E-state index contributed by atoms with van der Waals surface area (Å²) >= 11 is 0. The van der Waals surface area contributed by atoms with Gasteiger partial charge in [0.25, 0.3) is 0 Å². The maximum Gasteiger partial charge on any atom is 0.305 e. The normalized spacial score (nSPS) is 49.3. The van der Waals surface area contributed by atoms with Crippen molar-refractivity contribution in [1.82, 2.24) is 0 Å². The third kappa shape index (κ3) is 2.13. The number of carbonyl (C=O) groups is 1. The average Bonchev–Trinajstić information content (AvgIpc) is 3.05. The van der Waals surface area contributed by atoms with E-state index in [1.54, 1.807) is 0 Å². The zero-order valence-corrected chi connectivity index (χ0v) is 13.0. The Balaban J connectivity index is 1.84. The van der Waals surface area contributed by atoms with Gasteiger partial charge in [-0.1, -0.05) is 20.8 Å². The Morgan fingerprint density at radius 1 is 1.24 bits per heavy atom. The van der Waals surface area contributed by atoms with Gasteiger partial charge in [0.1, 0.15) is 0 Å². The number of aliphatic carboxylic acids is 1. The monoisotopic (exact) mass is 298 g/mol. The van der Waals surface area contributed by atoms with Crippen LogP contribution >= 0.6 is 0 Å². The van der Waals surface area contributed by atoms with Crippen molar-refractivity contribution in [3.05, 3.63) is 0 Å². The van der Waals surface area contributed by atoms with Crippen molar-refractivity contribution in [2.24, 2.45) is 17.3 Å². The first kappa shape index (κ1) is 15.3. The van der Waals surface area contributed by atoms with E-state index in [-0.39, 0.29) is 30.8 Å². The van der Waals surface area contributed by atoms with Gasteiger partial charge in [0.05, 0.1) is 36.9 Å². The molecule has 0 aromatic carbocycles. The molecule has 3 saturated heterocycles. The van der Waals surface area contributed by atoms with Gasteiger partial charge in [0.2, 0.25) is 0 Å². The van der Waals surface area contributed by atoms with Gasteiger partial charge in [0.15, 0.2) is 0 Å². The summed E-state index contributed by atoms with van der Waals surface area (Å²) in [7, 11) is 0. The summed E-state index contributed by atoms with van der Waals surface area (Å²) in [5.74, 6) is -0.244. The molecule has 8 atom stereocenters. The van der Waals surface area contributed by atoms with Gasteiger partial charge in [-0.25, -0.2) is 0 Å². The second-order valence-electron chi connectivity index (χ2n) is 7.10. The van der Waals surface area contributed by atoms with Gasteiger partial charge < -0.3 is 19.7 Å². The molecule has 3 aliphatic heterocycles. The SMILES string of the molecule is CCC1OC(CC)C2C1C1CC(C)(C(O)CC(=O)O)C2O1. The van der Waals surface area contributed by atoms with Crippen molar-refractivity contribution in [3.63, 3.8) is 0 Å². The molecule has 0 radical (unpaired) electrons. The molecule has 2 bridgehead atoms. The molecule has 5 heteroatoms. The van der Waals surface area contributed by atoms with Crippen molar-refractivity contribution in [2.45, 2.75) is 77.0 Å². The third-order valence-electron chi connectivity index (χ3n) is 5.98. The summed E-state index contributed by atoms with van der Waals surface area (Å²) < 4.78 is 12.4. The van der Waals surface area contributed by atoms with Crippen molar-refractivity contribution in [1.29, 1.82) is 0 Å². The first-order chi connectivity index (χ1) is 9.92. The number of aliphatic hydroxyl groups excluding tert-OH is 1. The predicted molar refractivity (Wildman–Crippen MR) is 75.9 cm³/mol. The largest absolute Gasteiger partial charge is 0.481 e. The van der Waals surface area contributed by atoms with Crippen LogP contribution in [0.25, 0.3) is 0 Å². The Kier molecular flexibility index (Phi) is 3.79. The molecule has 0 aliphatic carbocycles. The molecule has 3 fully saturated rings. The molecule has 8 unspecified atom stereocenters. The fourth-order valence-corrected chi connectivity index (χ4v) is 4.95. The quantitative estimate of drug-likeness (QED) is 0.809. The lowest BCUT2D eigenvalue weighted by Crippen LogP contribution is -2.49. The van der Waals surface area contributed by atoms with Crippen LogP contribution in [0, 0.1) is 17.3 Å². The van der Waals surface area contributed by atoms with E-state index in [1.807, 2.05) is 6.92 Å². The predicted octanol–water partition coefficient (Wildman–Crippen LogP) is 1.82. The molecule has 0 spiro atoms. The summed E-state index contributed by atoms with van der Waals surface area (Å²) in [6.07, 6.45) is 2.04. The Morgan fingerprint density at radius 3 is 2.43 bits per heavy atom. The zero-order chi connectivity index (χ0) is 15.4. The molecule has 0 aromatic heterocycles. The van der Waals surface area contributed by atoms with E-state index >= 15 is 0 Å². The molecule has 0 amide bonds. The molecule has 3 aliphatic rings. The lowest BCUT2D eigenvalue weighted by molar-refractivity contribution is -0.143. The molecule has 3 rings (SSSR count). The standard InChI is InChI=1S/C16H26O5/c1-4-8-13-10-7-16(3,11(17)6-12(18)19)15(21-10)14(13)9(5-2)20-8/h8-11,13-15,17H,4-7H2,1-3H3,(H,18,19). The van der Waals surface area contributed by atoms with Crippen LogP contribution < -0.4 is 0 Å². The Bertz CT molecular complexity index is 425. The zero-order valence-electron chi connectivity index (χ0n) is 13.0. The van der Waals surface area contributed by atoms with Crippen LogP contribution in [-0.2, 0) is 14.3 Å². The summed E-state index contributed by atoms with van der Waals surface area (Å²) in [5.41, 5.74) is -0.469. The van der Waals surface area contributed by atoms with E-state index in [0.717, 1.165) is 19.3 Å². The number of carboxylic acid groups (broad SMARTS) is 1. The van der Waals surface area contributed by atoms with Crippen LogP contribution in [0.5, 0.6) is 0 Å². The van der Waals surface area contributed by atoms with E-state index in [9.17, 15) is 9.90 Å². The first-order valence-corrected chi connectivity index (χ1v) is 8.13. The van der Waals surface area contributed by atoms with Crippen molar-refractivity contribution in [3.8, 4) is 0 Å². The number of hydrogen-bond acceptors (Lipinski definition) is 4. The van der Waals surface area contributed by atoms with Crippen LogP contribution in [0.2, 0.25) is 0 Å². The minimum atomic E-state index is -0.954.